The Labute approximate surface area is 224 Å². The maximum atomic E-state index is 9.28. The van der Waals surface area contributed by atoms with Crippen LogP contribution in [0.5, 0.6) is 5.75 Å². The molecule has 36 heavy (non-hydrogen) atoms. The highest BCUT2D eigenvalue weighted by Gasteiger charge is 2.29. The SMILES string of the molecule is CCCC.C\C=C(Cl)/C=C\C1=C\C(c2cccc(C)c2OC)C(C)CC(CCC#N)c2ccccc21. The van der Waals surface area contributed by atoms with Gasteiger partial charge in [-0.15, -0.1) is 0 Å². The predicted octanol–water partition coefficient (Wildman–Crippen LogP) is 10.1. The number of allylic oxidation sites excluding steroid dienone is 6. The first kappa shape index (κ1) is 29.5. The van der Waals surface area contributed by atoms with Crippen LogP contribution in [0, 0.1) is 24.2 Å². The molecule has 3 atom stereocenters. The molecular weight excluding hydrogens is 462 g/mol. The Hall–Kier alpha value is -2.76. The Bertz CT molecular complexity index is 1100. The number of hydrogen-bond donors (Lipinski definition) is 0. The van der Waals surface area contributed by atoms with Gasteiger partial charge >= 0.3 is 0 Å². The first-order valence-electron chi connectivity index (χ1n) is 13.2. The van der Waals surface area contributed by atoms with Gasteiger partial charge in [-0.05, 0) is 66.9 Å². The summed E-state index contributed by atoms with van der Waals surface area (Å²) in [5.41, 5.74) is 6.04. The summed E-state index contributed by atoms with van der Waals surface area (Å²) in [6, 6.07) is 17.3. The lowest BCUT2D eigenvalue weighted by atomic mass is 9.73. The van der Waals surface area contributed by atoms with E-state index in [1.54, 1.807) is 7.11 Å². The van der Waals surface area contributed by atoms with Crippen molar-refractivity contribution in [3.63, 3.8) is 0 Å². The topological polar surface area (TPSA) is 33.0 Å². The summed E-state index contributed by atoms with van der Waals surface area (Å²) in [5.74, 6) is 1.85. The van der Waals surface area contributed by atoms with E-state index in [4.69, 9.17) is 16.3 Å². The largest absolute Gasteiger partial charge is 0.496 e. The first-order valence-corrected chi connectivity index (χ1v) is 13.6. The van der Waals surface area contributed by atoms with Gasteiger partial charge in [0, 0.05) is 22.9 Å². The molecular formula is C33H42ClNO. The molecule has 0 fully saturated rings. The van der Waals surface area contributed by atoms with Crippen molar-refractivity contribution in [2.75, 3.05) is 7.11 Å². The molecule has 0 amide bonds. The number of halogens is 1. The third-order valence-electron chi connectivity index (χ3n) is 6.95. The Morgan fingerprint density at radius 2 is 1.81 bits per heavy atom. The van der Waals surface area contributed by atoms with E-state index in [1.165, 1.54) is 29.5 Å². The number of para-hydroxylation sites is 1. The lowest BCUT2D eigenvalue weighted by molar-refractivity contribution is 0.382. The van der Waals surface area contributed by atoms with Gasteiger partial charge in [0.05, 0.1) is 13.2 Å². The number of aryl methyl sites for hydroxylation is 1. The van der Waals surface area contributed by atoms with Gasteiger partial charge in [-0.2, -0.15) is 5.26 Å². The van der Waals surface area contributed by atoms with E-state index >= 15 is 0 Å². The van der Waals surface area contributed by atoms with Gasteiger partial charge in [-0.1, -0.05) is 106 Å². The molecule has 0 heterocycles. The molecule has 0 radical (unpaired) electrons. The highest BCUT2D eigenvalue weighted by atomic mass is 35.5. The summed E-state index contributed by atoms with van der Waals surface area (Å²) in [7, 11) is 1.75. The Balaban J connectivity index is 0.00000106. The molecule has 2 aromatic carbocycles. The number of methoxy groups -OCH3 is 1. The minimum Gasteiger partial charge on any atom is -0.496 e. The summed E-state index contributed by atoms with van der Waals surface area (Å²) >= 11 is 6.32. The van der Waals surface area contributed by atoms with Gasteiger partial charge in [-0.3, -0.25) is 0 Å². The third kappa shape index (κ3) is 7.87. The van der Waals surface area contributed by atoms with Crippen molar-refractivity contribution in [1.29, 1.82) is 5.26 Å². The average Bonchev–Trinajstić information content (AvgIpc) is 2.90. The molecule has 0 bridgehead atoms. The van der Waals surface area contributed by atoms with E-state index in [-0.39, 0.29) is 5.92 Å². The van der Waals surface area contributed by atoms with Crippen LogP contribution in [-0.2, 0) is 0 Å². The van der Waals surface area contributed by atoms with Crippen LogP contribution in [-0.4, -0.2) is 7.11 Å². The molecule has 0 N–H and O–H groups in total. The molecule has 1 aliphatic carbocycles. The van der Waals surface area contributed by atoms with E-state index in [1.807, 2.05) is 19.1 Å². The lowest BCUT2D eigenvalue weighted by Gasteiger charge is -2.32. The summed E-state index contributed by atoms with van der Waals surface area (Å²) in [6.07, 6.45) is 13.4. The third-order valence-corrected chi connectivity index (χ3v) is 7.29. The van der Waals surface area contributed by atoms with Gasteiger partial charge in [0.25, 0.3) is 0 Å². The van der Waals surface area contributed by atoms with Gasteiger partial charge in [0.15, 0.2) is 0 Å². The maximum Gasteiger partial charge on any atom is 0.125 e. The van der Waals surface area contributed by atoms with Crippen LogP contribution in [0.15, 0.2) is 71.8 Å². The van der Waals surface area contributed by atoms with Crippen molar-refractivity contribution in [3.8, 4) is 11.8 Å². The number of rotatable bonds is 7. The lowest BCUT2D eigenvalue weighted by Crippen LogP contribution is -2.17. The molecule has 0 saturated carbocycles. The second-order valence-electron chi connectivity index (χ2n) is 9.55. The number of fused-ring (bicyclic) bond motifs is 1. The zero-order chi connectivity index (χ0) is 26.5. The molecule has 0 aliphatic heterocycles. The van der Waals surface area contributed by atoms with Crippen molar-refractivity contribution >= 4 is 17.2 Å². The van der Waals surface area contributed by atoms with Crippen LogP contribution in [0.4, 0.5) is 0 Å². The van der Waals surface area contributed by atoms with E-state index in [9.17, 15) is 5.26 Å². The van der Waals surface area contributed by atoms with E-state index in [0.717, 1.165) is 29.7 Å². The quantitative estimate of drug-likeness (QED) is 0.352. The molecule has 0 spiro atoms. The second kappa shape index (κ2) is 15.4. The minimum absolute atomic E-state index is 0.187. The highest BCUT2D eigenvalue weighted by Crippen LogP contribution is 2.45. The molecule has 2 aromatic rings. The van der Waals surface area contributed by atoms with Gasteiger partial charge in [-0.25, -0.2) is 0 Å². The average molecular weight is 504 g/mol. The number of nitriles is 1. The molecule has 3 unspecified atom stereocenters. The normalized spacial score (nSPS) is 21.2. The molecule has 0 aromatic heterocycles. The second-order valence-corrected chi connectivity index (χ2v) is 9.98. The van der Waals surface area contributed by atoms with Crippen molar-refractivity contribution in [2.45, 2.75) is 78.6 Å². The fourth-order valence-electron chi connectivity index (χ4n) is 4.82. The number of nitrogens with zero attached hydrogens (tertiary/aromatic N) is 1. The van der Waals surface area contributed by atoms with Crippen LogP contribution in [0.25, 0.3) is 5.57 Å². The standard InChI is InChI=1S/C29H32ClNO.C4H10/c1-5-24(30)16-15-23-19-28(27-14-8-10-20(2)29(27)32-4)21(3)18-22(11-9-17-31)25-12-6-7-13-26(23)25;1-3-4-2/h5-8,10,12-16,19,21-22,28H,9,11,18H2,1-4H3;3-4H2,1-2H3/b16-15-,23-19-,24-5+;. The minimum atomic E-state index is 0.187. The molecule has 0 saturated heterocycles. The van der Waals surface area contributed by atoms with Crippen molar-refractivity contribution in [2.24, 2.45) is 5.92 Å². The maximum absolute atomic E-state index is 9.28. The summed E-state index contributed by atoms with van der Waals surface area (Å²) < 4.78 is 5.84. The Morgan fingerprint density at radius 3 is 2.44 bits per heavy atom. The van der Waals surface area contributed by atoms with E-state index in [0.29, 0.717) is 23.3 Å². The van der Waals surface area contributed by atoms with Crippen LogP contribution in [0.1, 0.15) is 93.9 Å². The van der Waals surface area contributed by atoms with Crippen LogP contribution in [0.2, 0.25) is 0 Å². The zero-order valence-corrected chi connectivity index (χ0v) is 23.6. The number of benzene rings is 2. The molecule has 2 nitrogen and oxygen atoms in total. The van der Waals surface area contributed by atoms with Gasteiger partial charge in [0.2, 0.25) is 0 Å². The Morgan fingerprint density at radius 1 is 1.11 bits per heavy atom. The monoisotopic (exact) mass is 503 g/mol. The molecule has 3 heteroatoms. The van der Waals surface area contributed by atoms with Crippen LogP contribution >= 0.6 is 11.6 Å². The highest BCUT2D eigenvalue weighted by molar-refractivity contribution is 6.31. The van der Waals surface area contributed by atoms with Crippen molar-refractivity contribution in [3.05, 3.63) is 94.1 Å². The Kier molecular flexibility index (Phi) is 12.6. The molecule has 3 rings (SSSR count). The zero-order valence-electron chi connectivity index (χ0n) is 22.9. The summed E-state index contributed by atoms with van der Waals surface area (Å²) in [4.78, 5) is 0. The number of hydrogen-bond acceptors (Lipinski definition) is 2. The van der Waals surface area contributed by atoms with Gasteiger partial charge < -0.3 is 4.74 Å². The number of ether oxygens (including phenoxy) is 1. The van der Waals surface area contributed by atoms with E-state index < -0.39 is 0 Å². The smallest absolute Gasteiger partial charge is 0.125 e. The van der Waals surface area contributed by atoms with Crippen molar-refractivity contribution in [1.82, 2.24) is 0 Å². The van der Waals surface area contributed by atoms with Crippen LogP contribution < -0.4 is 4.74 Å². The first-order chi connectivity index (χ1) is 17.4. The fourth-order valence-corrected chi connectivity index (χ4v) is 4.88. The van der Waals surface area contributed by atoms with Crippen LogP contribution in [0.3, 0.4) is 0 Å². The molecule has 192 valence electrons. The number of unbranched alkanes of at least 4 members (excludes halogenated alkanes) is 1. The molecule has 1 aliphatic rings. The fraction of sp³-hybridized carbons (Fsp3) is 0.424. The van der Waals surface area contributed by atoms with Crippen molar-refractivity contribution < 1.29 is 4.74 Å². The summed E-state index contributed by atoms with van der Waals surface area (Å²) in [5, 5.41) is 9.99. The summed E-state index contributed by atoms with van der Waals surface area (Å²) in [6.45, 7) is 10.7. The van der Waals surface area contributed by atoms with E-state index in [2.05, 4.69) is 88.4 Å². The predicted molar refractivity (Wildman–Crippen MR) is 156 cm³/mol. The van der Waals surface area contributed by atoms with Gasteiger partial charge in [0.1, 0.15) is 5.75 Å².